The molecule has 1 aliphatic heterocycles. The van der Waals surface area contributed by atoms with Gasteiger partial charge in [0.15, 0.2) is 11.6 Å². The van der Waals surface area contributed by atoms with Crippen LogP contribution in [0.5, 0.6) is 5.75 Å². The molecule has 1 aromatic rings. The van der Waals surface area contributed by atoms with Gasteiger partial charge in [0.2, 0.25) is 0 Å². The first-order chi connectivity index (χ1) is 10.7. The first kappa shape index (κ1) is 17.1. The fraction of sp³-hybridized carbons (Fsp3) is 0.625. The van der Waals surface area contributed by atoms with Crippen molar-refractivity contribution >= 4 is 0 Å². The van der Waals surface area contributed by atoms with Crippen molar-refractivity contribution in [3.8, 4) is 5.75 Å². The first-order valence-corrected chi connectivity index (χ1v) is 7.49. The fourth-order valence-corrected chi connectivity index (χ4v) is 2.63. The van der Waals surface area contributed by atoms with Crippen molar-refractivity contribution in [2.75, 3.05) is 40.5 Å². The van der Waals surface area contributed by atoms with Crippen molar-refractivity contribution in [2.45, 2.75) is 25.5 Å². The smallest absolute Gasteiger partial charge is 0.172 e. The zero-order valence-corrected chi connectivity index (χ0v) is 13.1. The van der Waals surface area contributed by atoms with Crippen LogP contribution in [0.4, 0.5) is 8.78 Å². The summed E-state index contributed by atoms with van der Waals surface area (Å²) in [5.74, 6) is -1.15. The van der Waals surface area contributed by atoms with Crippen LogP contribution in [0.3, 0.4) is 0 Å². The molecule has 0 radical (unpaired) electrons. The average Bonchev–Trinajstić information content (AvgIpc) is 3.02. The zero-order chi connectivity index (χ0) is 15.9. The van der Waals surface area contributed by atoms with Gasteiger partial charge in [-0.2, -0.15) is 0 Å². The molecule has 1 aromatic carbocycles. The molecule has 6 heteroatoms. The number of halogens is 2. The second-order valence-electron chi connectivity index (χ2n) is 5.41. The van der Waals surface area contributed by atoms with Gasteiger partial charge >= 0.3 is 0 Å². The van der Waals surface area contributed by atoms with E-state index in [1.807, 2.05) is 4.90 Å². The molecule has 1 saturated heterocycles. The fourth-order valence-electron chi connectivity index (χ4n) is 2.63. The van der Waals surface area contributed by atoms with Crippen LogP contribution >= 0.6 is 0 Å². The third-order valence-corrected chi connectivity index (χ3v) is 3.85. The molecular weight excluding hydrogens is 292 g/mol. The Morgan fingerprint density at radius 1 is 1.32 bits per heavy atom. The number of nitrogens with zero attached hydrogens (tertiary/aromatic N) is 1. The Morgan fingerprint density at radius 2 is 2.14 bits per heavy atom. The van der Waals surface area contributed by atoms with Crippen LogP contribution in [-0.4, -0.2) is 51.5 Å². The van der Waals surface area contributed by atoms with E-state index in [9.17, 15) is 8.78 Å². The second kappa shape index (κ2) is 8.41. The highest BCUT2D eigenvalue weighted by molar-refractivity contribution is 5.32. The zero-order valence-electron chi connectivity index (χ0n) is 13.1. The van der Waals surface area contributed by atoms with Gasteiger partial charge in [-0.3, -0.25) is 4.90 Å². The molecule has 0 bridgehead atoms. The van der Waals surface area contributed by atoms with E-state index < -0.39 is 11.6 Å². The lowest BCUT2D eigenvalue weighted by atomic mass is 10.1. The molecule has 0 N–H and O–H groups in total. The molecule has 0 aliphatic carbocycles. The Morgan fingerprint density at radius 3 is 2.77 bits per heavy atom. The third-order valence-electron chi connectivity index (χ3n) is 3.85. The summed E-state index contributed by atoms with van der Waals surface area (Å²) < 4.78 is 43.9. The number of rotatable bonds is 8. The van der Waals surface area contributed by atoms with Crippen LogP contribution in [0.25, 0.3) is 0 Å². The molecule has 22 heavy (non-hydrogen) atoms. The van der Waals surface area contributed by atoms with Gasteiger partial charge in [-0.25, -0.2) is 8.78 Å². The number of methoxy groups -OCH3 is 2. The predicted molar refractivity (Wildman–Crippen MR) is 79.0 cm³/mol. The van der Waals surface area contributed by atoms with Gasteiger partial charge in [0.25, 0.3) is 0 Å². The molecule has 2 rings (SSSR count). The van der Waals surface area contributed by atoms with Crippen LogP contribution < -0.4 is 4.74 Å². The highest BCUT2D eigenvalue weighted by Crippen LogP contribution is 2.25. The molecule has 0 spiro atoms. The summed E-state index contributed by atoms with van der Waals surface area (Å²) in [5, 5.41) is 0. The monoisotopic (exact) mass is 315 g/mol. The molecule has 1 heterocycles. The van der Waals surface area contributed by atoms with E-state index >= 15 is 0 Å². The van der Waals surface area contributed by atoms with Crippen molar-refractivity contribution in [3.05, 3.63) is 29.3 Å². The van der Waals surface area contributed by atoms with Gasteiger partial charge in [-0.05, 0) is 25.0 Å². The van der Waals surface area contributed by atoms with Crippen LogP contribution in [0.1, 0.15) is 18.4 Å². The largest absolute Gasteiger partial charge is 0.494 e. The summed E-state index contributed by atoms with van der Waals surface area (Å²) in [5.41, 5.74) is 0.0217. The van der Waals surface area contributed by atoms with E-state index in [2.05, 4.69) is 0 Å². The molecule has 1 aliphatic rings. The van der Waals surface area contributed by atoms with Crippen LogP contribution in [0.2, 0.25) is 0 Å². The lowest BCUT2D eigenvalue weighted by molar-refractivity contribution is 0.0579. The van der Waals surface area contributed by atoms with Gasteiger partial charge in [0, 0.05) is 38.9 Å². The third kappa shape index (κ3) is 4.38. The normalized spacial score (nSPS) is 18.1. The van der Waals surface area contributed by atoms with Gasteiger partial charge in [0.05, 0.1) is 19.8 Å². The maximum atomic E-state index is 14.3. The summed E-state index contributed by atoms with van der Waals surface area (Å²) in [4.78, 5) is 1.96. The molecule has 0 unspecified atom stereocenters. The van der Waals surface area contributed by atoms with E-state index in [1.54, 1.807) is 7.11 Å². The van der Waals surface area contributed by atoms with Crippen molar-refractivity contribution in [3.63, 3.8) is 0 Å². The van der Waals surface area contributed by atoms with E-state index in [-0.39, 0.29) is 24.0 Å². The van der Waals surface area contributed by atoms with E-state index in [1.165, 1.54) is 19.2 Å². The van der Waals surface area contributed by atoms with Crippen molar-refractivity contribution < 1.29 is 23.0 Å². The number of benzene rings is 1. The Bertz CT molecular complexity index is 479. The van der Waals surface area contributed by atoms with Crippen molar-refractivity contribution in [2.24, 2.45) is 0 Å². The molecule has 1 atom stereocenters. The van der Waals surface area contributed by atoms with Crippen LogP contribution in [0, 0.1) is 11.6 Å². The summed E-state index contributed by atoms with van der Waals surface area (Å²) in [6, 6.07) is 2.53. The molecule has 0 aromatic heterocycles. The summed E-state index contributed by atoms with van der Waals surface area (Å²) in [7, 11) is 2.98. The lowest BCUT2D eigenvalue weighted by Gasteiger charge is -2.25. The minimum absolute atomic E-state index is 0.0217. The lowest BCUT2D eigenvalue weighted by Crippen LogP contribution is -2.34. The summed E-state index contributed by atoms with van der Waals surface area (Å²) in [6.45, 7) is 2.65. The van der Waals surface area contributed by atoms with E-state index in [0.717, 1.165) is 19.4 Å². The van der Waals surface area contributed by atoms with Crippen LogP contribution in [0.15, 0.2) is 12.1 Å². The quantitative estimate of drug-likeness (QED) is 0.738. The Balaban J connectivity index is 2.11. The number of hydrogen-bond acceptors (Lipinski definition) is 4. The minimum atomic E-state index is -0.641. The molecule has 1 fully saturated rings. The van der Waals surface area contributed by atoms with E-state index in [4.69, 9.17) is 14.2 Å². The first-order valence-electron chi connectivity index (χ1n) is 7.49. The van der Waals surface area contributed by atoms with Crippen molar-refractivity contribution in [1.29, 1.82) is 0 Å². The number of ether oxygens (including phenoxy) is 3. The number of hydrogen-bond donors (Lipinski definition) is 0. The Hall–Kier alpha value is -1.24. The Kier molecular flexibility index (Phi) is 6.54. The minimum Gasteiger partial charge on any atom is -0.494 e. The molecule has 4 nitrogen and oxygen atoms in total. The van der Waals surface area contributed by atoms with Crippen LogP contribution in [-0.2, 0) is 16.0 Å². The van der Waals surface area contributed by atoms with Gasteiger partial charge in [-0.15, -0.1) is 0 Å². The summed E-state index contributed by atoms with van der Waals surface area (Å²) in [6.07, 6.45) is 2.13. The molecular formula is C16H23F2NO3. The van der Waals surface area contributed by atoms with Gasteiger partial charge in [0.1, 0.15) is 5.82 Å². The maximum absolute atomic E-state index is 14.3. The predicted octanol–water partition coefficient (Wildman–Crippen LogP) is 2.60. The molecule has 0 amide bonds. The topological polar surface area (TPSA) is 30.9 Å². The molecule has 0 saturated carbocycles. The van der Waals surface area contributed by atoms with Crippen molar-refractivity contribution in [1.82, 2.24) is 4.90 Å². The SMILES string of the molecule is COCCN(Cc1c(F)ccc(OC)c1F)C[C@H]1CCCO1. The maximum Gasteiger partial charge on any atom is 0.172 e. The van der Waals surface area contributed by atoms with E-state index in [0.29, 0.717) is 19.7 Å². The summed E-state index contributed by atoms with van der Waals surface area (Å²) >= 11 is 0. The van der Waals surface area contributed by atoms with Gasteiger partial charge in [-0.1, -0.05) is 0 Å². The Labute approximate surface area is 130 Å². The highest BCUT2D eigenvalue weighted by atomic mass is 19.1. The molecule has 124 valence electrons. The van der Waals surface area contributed by atoms with Gasteiger partial charge < -0.3 is 14.2 Å². The second-order valence-corrected chi connectivity index (χ2v) is 5.41. The average molecular weight is 315 g/mol. The standard InChI is InChI=1S/C16H23F2NO3/c1-20-9-7-19(10-12-4-3-8-22-12)11-13-14(17)5-6-15(21-2)16(13)18/h5-6,12H,3-4,7-11H2,1-2H3/t12-/m1/s1. The highest BCUT2D eigenvalue weighted by Gasteiger charge is 2.22.